The van der Waals surface area contributed by atoms with E-state index in [-0.39, 0.29) is 23.0 Å². The Kier molecular flexibility index (Phi) is 5.47. The second-order valence-electron chi connectivity index (χ2n) is 6.29. The standard InChI is InChI=1S/C20H16FN7O3/c1-22-16(29)7-11-3-2-4-14(17(11)30)27-20-25-10-13(21)18(28-20)26-12-8-15-19(24-9-12)23-5-6-31-15/h2-5,7-10H,6H2,1H3,(H,22,29)(H2,25,26,27,28). The van der Waals surface area contributed by atoms with Gasteiger partial charge < -0.3 is 20.7 Å². The average molecular weight is 421 g/mol. The number of likely N-dealkylation sites (N-methyl/N-ethyl adjacent to an activating group) is 1. The van der Waals surface area contributed by atoms with Crippen LogP contribution in [0.3, 0.4) is 0 Å². The minimum absolute atomic E-state index is 0.00939. The Morgan fingerprint density at radius 1 is 1.26 bits per heavy atom. The first-order chi connectivity index (χ1) is 15.0. The number of amides is 1. The number of ether oxygens (including phenoxy) is 1. The number of nitrogens with one attached hydrogen (secondary N) is 3. The van der Waals surface area contributed by atoms with Gasteiger partial charge in [-0.2, -0.15) is 4.98 Å². The fraction of sp³-hybridized carbons (Fsp3) is 0.100. The van der Waals surface area contributed by atoms with Crippen molar-refractivity contribution in [1.29, 1.82) is 0 Å². The maximum atomic E-state index is 14.3. The van der Waals surface area contributed by atoms with Gasteiger partial charge in [-0.3, -0.25) is 9.59 Å². The Hall–Kier alpha value is -4.41. The summed E-state index contributed by atoms with van der Waals surface area (Å²) in [5.74, 6) is -0.786. The lowest BCUT2D eigenvalue weighted by Gasteiger charge is -2.14. The fourth-order valence-electron chi connectivity index (χ4n) is 2.71. The van der Waals surface area contributed by atoms with Crippen LogP contribution in [0.1, 0.15) is 0 Å². The number of carbonyl (C=O) groups excluding carboxylic acids is 2. The molecule has 4 rings (SSSR count). The largest absolute Gasteiger partial charge is 0.484 e. The smallest absolute Gasteiger partial charge is 0.244 e. The molecule has 0 saturated carbocycles. The number of anilines is 3. The summed E-state index contributed by atoms with van der Waals surface area (Å²) in [6.07, 6.45) is 9.83. The third kappa shape index (κ3) is 4.45. The van der Waals surface area contributed by atoms with Crippen molar-refractivity contribution < 1.29 is 18.7 Å². The molecule has 0 saturated heterocycles. The summed E-state index contributed by atoms with van der Waals surface area (Å²) in [7, 11) is 1.46. The second-order valence-corrected chi connectivity index (χ2v) is 6.29. The number of carbonyl (C=O) groups is 2. The predicted octanol–water partition coefficient (Wildman–Crippen LogP) is 1.96. The molecule has 0 bridgehead atoms. The number of halogens is 1. The SMILES string of the molecule is CNC(=O)C=C1C=CC=C(Nc2ncc(F)c(Nc3cnc4c(c3)OCC=N4)n2)C1=O. The Balaban J connectivity index is 1.53. The molecule has 0 unspecified atom stereocenters. The fourth-order valence-corrected chi connectivity index (χ4v) is 2.71. The molecule has 1 amide bonds. The van der Waals surface area contributed by atoms with Gasteiger partial charge in [-0.05, 0) is 6.08 Å². The van der Waals surface area contributed by atoms with Crippen molar-refractivity contribution in [2.45, 2.75) is 0 Å². The number of allylic oxidation sites excluding steroid dienone is 4. The number of ketones is 1. The van der Waals surface area contributed by atoms with Crippen molar-refractivity contribution >= 4 is 41.2 Å². The van der Waals surface area contributed by atoms with Crippen molar-refractivity contribution in [3.05, 3.63) is 59.9 Å². The number of fused-ring (bicyclic) bond motifs is 1. The van der Waals surface area contributed by atoms with Crippen molar-refractivity contribution in [3.63, 3.8) is 0 Å². The number of hydrogen-bond acceptors (Lipinski definition) is 9. The van der Waals surface area contributed by atoms with Gasteiger partial charge >= 0.3 is 0 Å². The van der Waals surface area contributed by atoms with Crippen LogP contribution in [-0.4, -0.2) is 46.5 Å². The number of pyridine rings is 1. The van der Waals surface area contributed by atoms with Crippen molar-refractivity contribution in [3.8, 4) is 5.75 Å². The van der Waals surface area contributed by atoms with E-state index in [0.717, 1.165) is 6.20 Å². The molecule has 0 atom stereocenters. The first-order valence-electron chi connectivity index (χ1n) is 9.12. The molecule has 0 radical (unpaired) electrons. The lowest BCUT2D eigenvalue weighted by Crippen LogP contribution is -2.20. The van der Waals surface area contributed by atoms with E-state index in [1.54, 1.807) is 18.4 Å². The first kappa shape index (κ1) is 19.9. The van der Waals surface area contributed by atoms with Gasteiger partial charge in [0.15, 0.2) is 23.2 Å². The summed E-state index contributed by atoms with van der Waals surface area (Å²) in [4.78, 5) is 40.3. The van der Waals surface area contributed by atoms with Crippen LogP contribution >= 0.6 is 0 Å². The van der Waals surface area contributed by atoms with Gasteiger partial charge in [0.1, 0.15) is 6.61 Å². The lowest BCUT2D eigenvalue weighted by molar-refractivity contribution is -0.117. The summed E-state index contributed by atoms with van der Waals surface area (Å²) in [6, 6.07) is 1.63. The molecule has 11 heteroatoms. The van der Waals surface area contributed by atoms with Crippen LogP contribution < -0.4 is 20.7 Å². The van der Waals surface area contributed by atoms with E-state index < -0.39 is 17.5 Å². The van der Waals surface area contributed by atoms with E-state index in [1.807, 2.05) is 0 Å². The quantitative estimate of drug-likeness (QED) is 0.625. The van der Waals surface area contributed by atoms with E-state index >= 15 is 0 Å². The highest BCUT2D eigenvalue weighted by molar-refractivity contribution is 6.15. The topological polar surface area (TPSA) is 130 Å². The maximum Gasteiger partial charge on any atom is 0.244 e. The molecule has 2 aliphatic rings. The molecule has 2 aromatic rings. The zero-order valence-electron chi connectivity index (χ0n) is 16.2. The number of rotatable bonds is 5. The molecule has 1 aliphatic heterocycles. The molecule has 156 valence electrons. The average Bonchev–Trinajstić information content (AvgIpc) is 2.78. The first-order valence-corrected chi connectivity index (χ1v) is 9.12. The summed E-state index contributed by atoms with van der Waals surface area (Å²) >= 11 is 0. The zero-order chi connectivity index (χ0) is 21.8. The number of nitrogens with zero attached hydrogens (tertiary/aromatic N) is 4. The minimum Gasteiger partial charge on any atom is -0.484 e. The Bertz CT molecular complexity index is 1190. The molecule has 0 aromatic carbocycles. The highest BCUT2D eigenvalue weighted by Gasteiger charge is 2.19. The zero-order valence-corrected chi connectivity index (χ0v) is 16.2. The molecule has 1 aliphatic carbocycles. The highest BCUT2D eigenvalue weighted by atomic mass is 19.1. The molecule has 3 heterocycles. The van der Waals surface area contributed by atoms with Crippen LogP contribution in [0.5, 0.6) is 5.75 Å². The van der Waals surface area contributed by atoms with Crippen molar-refractivity contribution in [2.75, 3.05) is 24.3 Å². The van der Waals surface area contributed by atoms with Crippen LogP contribution in [0.25, 0.3) is 0 Å². The lowest BCUT2D eigenvalue weighted by atomic mass is 10.0. The van der Waals surface area contributed by atoms with Gasteiger partial charge in [0, 0.05) is 31.0 Å². The molecular formula is C20H16FN7O3. The number of Topliss-reactive ketones (excluding diaryl/α,β-unsaturated/α-hetero) is 1. The predicted molar refractivity (Wildman–Crippen MR) is 111 cm³/mol. The van der Waals surface area contributed by atoms with Crippen LogP contribution in [0.2, 0.25) is 0 Å². The number of aromatic nitrogens is 3. The van der Waals surface area contributed by atoms with E-state index in [0.29, 0.717) is 23.9 Å². The van der Waals surface area contributed by atoms with Gasteiger partial charge in [-0.15, -0.1) is 0 Å². The highest BCUT2D eigenvalue weighted by Crippen LogP contribution is 2.31. The Labute approximate surface area is 175 Å². The van der Waals surface area contributed by atoms with Gasteiger partial charge in [-0.25, -0.2) is 19.4 Å². The van der Waals surface area contributed by atoms with Crippen LogP contribution in [0.4, 0.5) is 27.7 Å². The van der Waals surface area contributed by atoms with E-state index in [1.165, 1.54) is 31.5 Å². The molecular weight excluding hydrogens is 405 g/mol. The van der Waals surface area contributed by atoms with Crippen molar-refractivity contribution in [2.24, 2.45) is 4.99 Å². The second kappa shape index (κ2) is 8.53. The molecule has 0 spiro atoms. The van der Waals surface area contributed by atoms with E-state index in [2.05, 4.69) is 35.9 Å². The molecule has 3 N–H and O–H groups in total. The van der Waals surface area contributed by atoms with E-state index in [9.17, 15) is 14.0 Å². The number of aliphatic imine (C=N–C) groups is 1. The normalized spacial score (nSPS) is 15.7. The molecule has 31 heavy (non-hydrogen) atoms. The van der Waals surface area contributed by atoms with Crippen LogP contribution in [0, 0.1) is 5.82 Å². The summed E-state index contributed by atoms with van der Waals surface area (Å²) in [5.41, 5.74) is 0.760. The van der Waals surface area contributed by atoms with Crippen molar-refractivity contribution in [1.82, 2.24) is 20.3 Å². The van der Waals surface area contributed by atoms with Gasteiger partial charge in [0.05, 0.1) is 23.8 Å². The van der Waals surface area contributed by atoms with Crippen LogP contribution in [0.15, 0.2) is 59.0 Å². The molecule has 10 nitrogen and oxygen atoms in total. The minimum atomic E-state index is -0.703. The third-order valence-electron chi connectivity index (χ3n) is 4.19. The Morgan fingerprint density at radius 2 is 2.13 bits per heavy atom. The van der Waals surface area contributed by atoms with Gasteiger partial charge in [-0.1, -0.05) is 12.2 Å². The maximum absolute atomic E-state index is 14.3. The monoisotopic (exact) mass is 421 g/mol. The summed E-state index contributed by atoms with van der Waals surface area (Å²) in [5, 5.41) is 7.98. The molecule has 0 fully saturated rings. The summed E-state index contributed by atoms with van der Waals surface area (Å²) < 4.78 is 19.7. The molecule has 2 aromatic heterocycles. The van der Waals surface area contributed by atoms with Gasteiger partial charge in [0.25, 0.3) is 0 Å². The third-order valence-corrected chi connectivity index (χ3v) is 4.19. The summed E-state index contributed by atoms with van der Waals surface area (Å²) in [6.45, 7) is 0.321. The Morgan fingerprint density at radius 3 is 2.97 bits per heavy atom. The van der Waals surface area contributed by atoms with Crippen LogP contribution in [-0.2, 0) is 9.59 Å². The van der Waals surface area contributed by atoms with E-state index in [4.69, 9.17) is 4.74 Å². The van der Waals surface area contributed by atoms with Gasteiger partial charge in [0.2, 0.25) is 17.6 Å². The number of hydrogen-bond donors (Lipinski definition) is 3.